The number of hydrogen-bond donors (Lipinski definition) is 1. The lowest BCUT2D eigenvalue weighted by atomic mass is 9.61. The molecule has 8 atom stereocenters. The highest BCUT2D eigenvalue weighted by atomic mass is 28.4. The van der Waals surface area contributed by atoms with E-state index in [9.17, 15) is 5.11 Å². The van der Waals surface area contributed by atoms with Crippen LogP contribution < -0.4 is 0 Å². The molecule has 288 valence electrons. The van der Waals surface area contributed by atoms with Crippen molar-refractivity contribution in [2.45, 2.75) is 187 Å². The Labute approximate surface area is 315 Å². The van der Waals surface area contributed by atoms with E-state index in [2.05, 4.69) is 113 Å². The van der Waals surface area contributed by atoms with Crippen LogP contribution in [0.2, 0.25) is 36.3 Å². The molecule has 0 aromatic heterocycles. The molecule has 5 rings (SSSR count). The third-order valence-electron chi connectivity index (χ3n) is 15.0. The molecule has 0 aromatic carbocycles. The van der Waals surface area contributed by atoms with Crippen molar-refractivity contribution in [2.75, 3.05) is 6.61 Å². The molecular formula is C44H75NO4Si2. The molecule has 0 unspecified atom stereocenters. The molecular weight excluding hydrogens is 663 g/mol. The number of rotatable bonds is 11. The summed E-state index contributed by atoms with van der Waals surface area (Å²) >= 11 is 0. The number of allylic oxidation sites excluding steroid dienone is 4. The molecule has 0 amide bonds. The van der Waals surface area contributed by atoms with Crippen LogP contribution in [0, 0.1) is 28.6 Å². The summed E-state index contributed by atoms with van der Waals surface area (Å²) in [5.74, 6) is 2.43. The van der Waals surface area contributed by atoms with Crippen molar-refractivity contribution in [1.29, 1.82) is 0 Å². The van der Waals surface area contributed by atoms with Gasteiger partial charge in [-0.3, -0.25) is 0 Å². The van der Waals surface area contributed by atoms with Gasteiger partial charge in [0.15, 0.2) is 22.5 Å². The quantitative estimate of drug-likeness (QED) is 0.169. The third kappa shape index (κ3) is 8.38. The van der Waals surface area contributed by atoms with Gasteiger partial charge in [0.1, 0.15) is 6.61 Å². The monoisotopic (exact) mass is 738 g/mol. The van der Waals surface area contributed by atoms with E-state index >= 15 is 0 Å². The fraction of sp³-hybridized carbons (Fsp3) is 0.795. The molecule has 0 spiro atoms. The summed E-state index contributed by atoms with van der Waals surface area (Å²) in [4.78, 5) is 4.83. The summed E-state index contributed by atoms with van der Waals surface area (Å²) in [6, 6.07) is 0.248. The van der Waals surface area contributed by atoms with Crippen molar-refractivity contribution in [3.8, 4) is 0 Å². The van der Waals surface area contributed by atoms with Gasteiger partial charge in [0, 0.05) is 6.42 Å². The van der Waals surface area contributed by atoms with Crippen LogP contribution in [0.4, 0.5) is 0 Å². The van der Waals surface area contributed by atoms with Crippen LogP contribution >= 0.6 is 0 Å². The summed E-state index contributed by atoms with van der Waals surface area (Å²) in [5, 5.41) is 11.7. The molecule has 0 saturated heterocycles. The van der Waals surface area contributed by atoms with Crippen LogP contribution in [0.15, 0.2) is 52.6 Å². The molecule has 1 heterocycles. The maximum Gasteiger partial charge on any atom is 0.193 e. The van der Waals surface area contributed by atoms with Gasteiger partial charge in [-0.05, 0) is 128 Å². The van der Waals surface area contributed by atoms with Gasteiger partial charge in [0.05, 0.1) is 29.8 Å². The molecule has 1 N–H and O–H groups in total. The number of fused-ring (bicyclic) bond motifs is 1. The Kier molecular flexibility index (Phi) is 11.8. The molecule has 0 radical (unpaired) electrons. The van der Waals surface area contributed by atoms with Gasteiger partial charge in [-0.1, -0.05) is 98.8 Å². The lowest BCUT2D eigenvalue weighted by molar-refractivity contribution is 0.0969. The van der Waals surface area contributed by atoms with Crippen LogP contribution in [0.5, 0.6) is 0 Å². The SMILES string of the molecule is C=C1C(=CC=C2CCC[C@]3(C)[C@@H]([C@H](C)C=C[C@@H](O)C4(C5=N[C@H](CC)CO5)CC4)CC[C@@H]23)C[C@@H](O[Si](C)(C)C(C)(C)C)C[C@@H]1O[Si](C)(C)C(C)(C)C. The highest BCUT2D eigenvalue weighted by Gasteiger charge is 2.56. The number of aliphatic hydroxyl groups is 1. The van der Waals surface area contributed by atoms with E-state index in [0.717, 1.165) is 38.0 Å². The zero-order chi connectivity index (χ0) is 37.8. The van der Waals surface area contributed by atoms with Crippen molar-refractivity contribution < 1.29 is 18.7 Å². The zero-order valence-corrected chi connectivity index (χ0v) is 37.0. The number of aliphatic imine (C=N–C) groups is 1. The predicted molar refractivity (Wildman–Crippen MR) is 220 cm³/mol. The fourth-order valence-corrected chi connectivity index (χ4v) is 11.8. The molecule has 1 aliphatic heterocycles. The Morgan fingerprint density at radius 2 is 1.63 bits per heavy atom. The molecule has 7 heteroatoms. The van der Waals surface area contributed by atoms with E-state index in [1.54, 1.807) is 5.57 Å². The summed E-state index contributed by atoms with van der Waals surface area (Å²) in [7, 11) is -3.96. The van der Waals surface area contributed by atoms with E-state index < -0.39 is 22.7 Å². The summed E-state index contributed by atoms with van der Waals surface area (Å²) < 4.78 is 20.2. The highest BCUT2D eigenvalue weighted by molar-refractivity contribution is 6.74. The summed E-state index contributed by atoms with van der Waals surface area (Å²) in [6.45, 7) is 36.0. The average Bonchev–Trinajstić information content (AvgIpc) is 3.54. The van der Waals surface area contributed by atoms with Crippen LogP contribution in [0.1, 0.15) is 127 Å². The number of hydrogen-bond acceptors (Lipinski definition) is 5. The second-order valence-corrected chi connectivity index (χ2v) is 30.0. The number of nitrogens with zero attached hydrogens (tertiary/aromatic N) is 1. The standard InChI is InChI=1S/C44H75NO4Si2/c1-15-34-29-47-40(45-34)44(25-26-44)39(46)23-18-30(2)36-21-22-37-32(17-16-24-43(36,37)10)19-20-33-27-35(48-50(11,12)41(4,5)6)28-38(31(33)3)49-51(13,14)42(7,8)9/h18-20,23,30,34-39,46H,3,15-17,21-22,24-29H2,1-2,4-14H3/t30-,34-,35-,36-,37+,38+,39-,43-/m1/s1. The molecule has 4 fully saturated rings. The van der Waals surface area contributed by atoms with E-state index in [1.165, 1.54) is 43.3 Å². The van der Waals surface area contributed by atoms with Crippen LogP contribution in [-0.2, 0) is 13.6 Å². The molecule has 0 bridgehead atoms. The first kappa shape index (κ1) is 40.9. The van der Waals surface area contributed by atoms with Gasteiger partial charge in [-0.25, -0.2) is 4.99 Å². The van der Waals surface area contributed by atoms with Crippen molar-refractivity contribution in [2.24, 2.45) is 33.6 Å². The van der Waals surface area contributed by atoms with Gasteiger partial charge in [-0.15, -0.1) is 0 Å². The van der Waals surface area contributed by atoms with Gasteiger partial charge in [0.2, 0.25) is 0 Å². The average molecular weight is 738 g/mol. The molecule has 4 saturated carbocycles. The Morgan fingerprint density at radius 1 is 0.980 bits per heavy atom. The van der Waals surface area contributed by atoms with E-state index in [4.69, 9.17) is 25.2 Å². The smallest absolute Gasteiger partial charge is 0.193 e. The van der Waals surface area contributed by atoms with Gasteiger partial charge in [0.25, 0.3) is 0 Å². The fourth-order valence-electron chi connectivity index (χ4n) is 9.17. The van der Waals surface area contributed by atoms with Gasteiger partial charge in [-0.2, -0.15) is 0 Å². The molecule has 5 aliphatic rings. The van der Waals surface area contributed by atoms with Crippen molar-refractivity contribution in [3.63, 3.8) is 0 Å². The lowest BCUT2D eigenvalue weighted by Gasteiger charge is -2.45. The second kappa shape index (κ2) is 14.8. The van der Waals surface area contributed by atoms with E-state index in [1.807, 2.05) is 0 Å². The molecule has 51 heavy (non-hydrogen) atoms. The first-order valence-electron chi connectivity index (χ1n) is 20.6. The first-order valence-corrected chi connectivity index (χ1v) is 26.4. The largest absolute Gasteiger partial charge is 0.478 e. The van der Waals surface area contributed by atoms with Crippen LogP contribution in [-0.4, -0.2) is 58.6 Å². The van der Waals surface area contributed by atoms with E-state index in [0.29, 0.717) is 24.4 Å². The number of aliphatic hydroxyl groups excluding tert-OH is 1. The van der Waals surface area contributed by atoms with Crippen LogP contribution in [0.25, 0.3) is 0 Å². The van der Waals surface area contributed by atoms with E-state index in [-0.39, 0.29) is 39.2 Å². The number of ether oxygens (including phenoxy) is 1. The van der Waals surface area contributed by atoms with Crippen molar-refractivity contribution in [1.82, 2.24) is 0 Å². The van der Waals surface area contributed by atoms with Gasteiger partial charge < -0.3 is 18.7 Å². The second-order valence-electron chi connectivity index (χ2n) is 20.5. The summed E-state index contributed by atoms with van der Waals surface area (Å²) in [6.07, 6.45) is 19.9. The maximum absolute atomic E-state index is 11.4. The Balaban J connectivity index is 1.33. The molecule has 0 aromatic rings. The molecule has 4 aliphatic carbocycles. The minimum Gasteiger partial charge on any atom is -0.478 e. The van der Waals surface area contributed by atoms with Crippen molar-refractivity contribution >= 4 is 22.5 Å². The Morgan fingerprint density at radius 3 is 2.22 bits per heavy atom. The lowest BCUT2D eigenvalue weighted by Crippen LogP contribution is -2.49. The third-order valence-corrected chi connectivity index (χ3v) is 24.0. The van der Waals surface area contributed by atoms with Crippen molar-refractivity contribution in [3.05, 3.63) is 47.6 Å². The Hall–Kier alpha value is -1.26. The normalized spacial score (nSPS) is 34.5. The predicted octanol–water partition coefficient (Wildman–Crippen LogP) is 11.7. The Bertz CT molecular complexity index is 1410. The zero-order valence-electron chi connectivity index (χ0n) is 35.0. The first-order chi connectivity index (χ1) is 23.5. The molecule has 5 nitrogen and oxygen atoms in total. The van der Waals surface area contributed by atoms with Crippen LogP contribution in [0.3, 0.4) is 0 Å². The highest BCUT2D eigenvalue weighted by Crippen LogP contribution is 2.60. The topological polar surface area (TPSA) is 60.3 Å². The maximum atomic E-state index is 11.4. The minimum absolute atomic E-state index is 0.00434. The summed E-state index contributed by atoms with van der Waals surface area (Å²) in [5.41, 5.74) is 4.09. The minimum atomic E-state index is -2.00. The van der Waals surface area contributed by atoms with Gasteiger partial charge >= 0.3 is 0 Å².